The van der Waals surface area contributed by atoms with Crippen LogP contribution in [-0.2, 0) is 13.6 Å². The lowest BCUT2D eigenvalue weighted by molar-refractivity contribution is 0.102. The molecule has 16 heteroatoms. The first-order valence-corrected chi connectivity index (χ1v) is 15.3. The zero-order chi connectivity index (χ0) is 32.7. The second kappa shape index (κ2) is 14.5. The smallest absolute Gasteiger partial charge is 0.493 e. The molecule has 0 unspecified atom stereocenters. The zero-order valence-electron chi connectivity index (χ0n) is 24.2. The topological polar surface area (TPSA) is 153 Å². The highest BCUT2D eigenvalue weighted by molar-refractivity contribution is 7.48. The van der Waals surface area contributed by atoms with Gasteiger partial charge < -0.3 is 25.0 Å². The molecule has 0 radical (unpaired) electrons. The molecule has 0 bridgehead atoms. The molecule has 4 rings (SSSR count). The number of nitrogens with one attached hydrogen (secondary N) is 1. The summed E-state index contributed by atoms with van der Waals surface area (Å²) in [4.78, 5) is 30.8. The molecule has 0 saturated carbocycles. The average Bonchev–Trinajstić information content (AvgIpc) is 2.98. The maximum Gasteiger partial charge on any atom is 0.530 e. The van der Waals surface area contributed by atoms with Gasteiger partial charge in [-0.1, -0.05) is 11.6 Å². The number of nitrogens with two attached hydrogens (primary N) is 1. The number of ether oxygens (including phenoxy) is 2. The fourth-order valence-corrected chi connectivity index (χ4v) is 5.28. The van der Waals surface area contributed by atoms with Crippen molar-refractivity contribution in [3.05, 3.63) is 93.5 Å². The van der Waals surface area contributed by atoms with E-state index in [0.717, 1.165) is 22.8 Å². The van der Waals surface area contributed by atoms with Crippen LogP contribution >= 0.6 is 19.4 Å². The number of nitrogen functional groups attached to an aromatic ring is 1. The van der Waals surface area contributed by atoms with Gasteiger partial charge in [0, 0.05) is 36.3 Å². The van der Waals surface area contributed by atoms with Gasteiger partial charge in [0.15, 0.2) is 28.9 Å². The zero-order valence-corrected chi connectivity index (χ0v) is 25.9. The van der Waals surface area contributed by atoms with Crippen molar-refractivity contribution in [2.75, 3.05) is 30.9 Å². The Morgan fingerprint density at radius 2 is 1.69 bits per heavy atom. The van der Waals surface area contributed by atoms with Crippen LogP contribution < -0.4 is 30.6 Å². The van der Waals surface area contributed by atoms with Crippen LogP contribution in [0.15, 0.2) is 65.7 Å². The van der Waals surface area contributed by atoms with Crippen molar-refractivity contribution in [2.45, 2.75) is 20.8 Å². The second-order valence-corrected chi connectivity index (χ2v) is 10.8. The van der Waals surface area contributed by atoms with Crippen LogP contribution in [0.3, 0.4) is 0 Å². The number of halogens is 3. The van der Waals surface area contributed by atoms with Gasteiger partial charge in [0.1, 0.15) is 22.2 Å². The van der Waals surface area contributed by atoms with E-state index < -0.39 is 42.2 Å². The van der Waals surface area contributed by atoms with Crippen LogP contribution in [0.1, 0.15) is 31.1 Å². The molecule has 0 spiro atoms. The van der Waals surface area contributed by atoms with Gasteiger partial charge in [-0.05, 0) is 51.1 Å². The molecule has 4 aromatic rings. The van der Waals surface area contributed by atoms with E-state index >= 15 is 0 Å². The normalized spacial score (nSPS) is 11.2. The maximum atomic E-state index is 14.9. The number of hydrogen-bond acceptors (Lipinski definition) is 10. The van der Waals surface area contributed by atoms with Crippen LogP contribution in [0, 0.1) is 11.6 Å². The molecule has 0 aliphatic heterocycles. The van der Waals surface area contributed by atoms with E-state index in [-0.39, 0.29) is 59.3 Å². The number of carbonyl (C=O) groups is 1. The van der Waals surface area contributed by atoms with Crippen molar-refractivity contribution in [1.29, 1.82) is 0 Å². The van der Waals surface area contributed by atoms with Gasteiger partial charge in [0.25, 0.3) is 11.5 Å². The molecule has 3 N–H and O–H groups in total. The Kier molecular flexibility index (Phi) is 10.8. The molecule has 0 aliphatic carbocycles. The van der Waals surface area contributed by atoms with Crippen molar-refractivity contribution < 1.29 is 41.2 Å². The molecule has 0 atom stereocenters. The van der Waals surface area contributed by atoms with Crippen molar-refractivity contribution >= 4 is 36.8 Å². The van der Waals surface area contributed by atoms with Gasteiger partial charge in [-0.3, -0.25) is 23.2 Å². The summed E-state index contributed by atoms with van der Waals surface area (Å²) in [7, 11) is -4.17. The quantitative estimate of drug-likeness (QED) is 0.147. The number of phosphoric acid groups is 1. The van der Waals surface area contributed by atoms with Gasteiger partial charge in [0.2, 0.25) is 0 Å². The number of hydrogen-bond donors (Lipinski definition) is 2. The summed E-state index contributed by atoms with van der Waals surface area (Å²) in [6.45, 7) is 4.81. The molecule has 0 fully saturated rings. The summed E-state index contributed by atoms with van der Waals surface area (Å²) < 4.78 is 69.8. The Labute approximate surface area is 261 Å². The molecule has 2 aromatic heterocycles. The third-order valence-electron chi connectivity index (χ3n) is 5.85. The van der Waals surface area contributed by atoms with E-state index in [1.54, 1.807) is 20.8 Å². The number of aromatic nitrogens is 2. The summed E-state index contributed by atoms with van der Waals surface area (Å²) in [5, 5.41) is 2.47. The van der Waals surface area contributed by atoms with Crippen molar-refractivity contribution in [2.24, 2.45) is 0 Å². The summed E-state index contributed by atoms with van der Waals surface area (Å²) in [5.74, 6) is -3.41. The Morgan fingerprint density at radius 3 is 2.36 bits per heavy atom. The summed E-state index contributed by atoms with van der Waals surface area (Å²) in [6.07, 6.45) is 2.64. The first kappa shape index (κ1) is 33.4. The first-order chi connectivity index (χ1) is 21.5. The number of carbonyl (C=O) groups excluding carboxylic acids is 1. The first-order valence-electron chi connectivity index (χ1n) is 13.5. The van der Waals surface area contributed by atoms with Gasteiger partial charge in [-0.2, -0.15) is 0 Å². The van der Waals surface area contributed by atoms with E-state index in [1.165, 1.54) is 42.7 Å². The second-order valence-electron chi connectivity index (χ2n) is 8.86. The summed E-state index contributed by atoms with van der Waals surface area (Å²) >= 11 is 6.06. The van der Waals surface area contributed by atoms with Gasteiger partial charge in [-0.15, -0.1) is 0 Å². The van der Waals surface area contributed by atoms with Gasteiger partial charge in [0.05, 0.1) is 25.5 Å². The number of amides is 1. The Balaban J connectivity index is 1.65. The maximum absolute atomic E-state index is 14.9. The van der Waals surface area contributed by atoms with E-state index in [9.17, 15) is 22.9 Å². The fraction of sp³-hybridized carbons (Fsp3) is 0.207. The predicted octanol–water partition coefficient (Wildman–Crippen LogP) is 6.75. The third kappa shape index (κ3) is 7.78. The van der Waals surface area contributed by atoms with Crippen molar-refractivity contribution in [1.82, 2.24) is 9.55 Å². The number of anilines is 2. The Morgan fingerprint density at radius 1 is 0.956 bits per heavy atom. The number of benzene rings is 2. The van der Waals surface area contributed by atoms with Crippen LogP contribution in [0.2, 0.25) is 5.02 Å². The lowest BCUT2D eigenvalue weighted by Crippen LogP contribution is -2.29. The average molecular weight is 665 g/mol. The SMILES string of the molecule is CCOc1ccn(-c2ccc(F)c(OP(=O)(OCC)OCC)c2)c(=O)c1C(=O)Nc1ccc(Oc2ccnc(N)c2Cl)c(F)c1. The largest absolute Gasteiger partial charge is 0.530 e. The predicted molar refractivity (Wildman–Crippen MR) is 163 cm³/mol. The summed E-state index contributed by atoms with van der Waals surface area (Å²) in [6, 6.07) is 9.65. The lowest BCUT2D eigenvalue weighted by atomic mass is 10.2. The minimum absolute atomic E-state index is 0.00233. The summed E-state index contributed by atoms with van der Waals surface area (Å²) in [5.41, 5.74) is 4.40. The highest BCUT2D eigenvalue weighted by atomic mass is 35.5. The number of nitrogens with zero attached hydrogens (tertiary/aromatic N) is 2. The molecule has 238 valence electrons. The molecule has 0 saturated heterocycles. The van der Waals surface area contributed by atoms with Crippen LogP contribution in [0.25, 0.3) is 5.69 Å². The molecule has 12 nitrogen and oxygen atoms in total. The highest BCUT2D eigenvalue weighted by Gasteiger charge is 2.29. The van der Waals surface area contributed by atoms with Gasteiger partial charge >= 0.3 is 7.82 Å². The molecule has 1 amide bonds. The third-order valence-corrected chi connectivity index (χ3v) is 7.80. The van der Waals surface area contributed by atoms with E-state index in [4.69, 9.17) is 40.4 Å². The van der Waals surface area contributed by atoms with Gasteiger partial charge in [-0.25, -0.2) is 18.3 Å². The highest BCUT2D eigenvalue weighted by Crippen LogP contribution is 2.50. The molecule has 2 heterocycles. The van der Waals surface area contributed by atoms with Crippen LogP contribution in [0.4, 0.5) is 20.3 Å². The molecule has 0 aliphatic rings. The standard InChI is InChI=1S/C29H28ClF2N4O8P/c1-4-40-22-12-14-36(18-8-9-19(31)24(16-18)44-45(39,41-5-2)42-6-3)29(38)25(22)28(37)35-17-7-10-21(20(32)15-17)43-23-11-13-34-27(33)26(23)30/h7-16H,4-6H2,1-3H3,(H2,33,34)(H,35,37). The lowest BCUT2D eigenvalue weighted by Gasteiger charge is -2.18. The Hall–Kier alpha value is -4.49. The van der Waals surface area contributed by atoms with Crippen LogP contribution in [0.5, 0.6) is 23.0 Å². The number of rotatable bonds is 13. The van der Waals surface area contributed by atoms with E-state index in [1.807, 2.05) is 0 Å². The minimum atomic E-state index is -4.17. The Bertz CT molecular complexity index is 1810. The number of phosphoric ester groups is 1. The molecular formula is C29H28ClF2N4O8P. The fourth-order valence-electron chi connectivity index (χ4n) is 3.94. The van der Waals surface area contributed by atoms with Crippen molar-refractivity contribution in [3.8, 4) is 28.7 Å². The monoisotopic (exact) mass is 664 g/mol. The molecule has 2 aromatic carbocycles. The molecular weight excluding hydrogens is 637 g/mol. The number of pyridine rings is 2. The van der Waals surface area contributed by atoms with E-state index in [0.29, 0.717) is 0 Å². The molecule has 45 heavy (non-hydrogen) atoms. The van der Waals surface area contributed by atoms with Crippen molar-refractivity contribution in [3.63, 3.8) is 0 Å². The minimum Gasteiger partial charge on any atom is -0.493 e. The van der Waals surface area contributed by atoms with E-state index in [2.05, 4.69) is 10.3 Å². The van der Waals surface area contributed by atoms with Crippen LogP contribution in [-0.4, -0.2) is 35.3 Å².